The van der Waals surface area contributed by atoms with Crippen LogP contribution in [0.2, 0.25) is 5.15 Å². The minimum absolute atomic E-state index is 0.612. The molecule has 2 unspecified atom stereocenters. The fourth-order valence-electron chi connectivity index (χ4n) is 3.75. The fourth-order valence-corrected chi connectivity index (χ4v) is 3.95. The van der Waals surface area contributed by atoms with Crippen LogP contribution in [0.5, 0.6) is 0 Å². The highest BCUT2D eigenvalue weighted by atomic mass is 35.5. The van der Waals surface area contributed by atoms with Crippen LogP contribution in [-0.4, -0.2) is 22.6 Å². The van der Waals surface area contributed by atoms with E-state index in [2.05, 4.69) is 14.9 Å². The summed E-state index contributed by atoms with van der Waals surface area (Å²) in [7, 11) is 0. The van der Waals surface area contributed by atoms with Crippen LogP contribution in [-0.2, 0) is 0 Å². The summed E-state index contributed by atoms with van der Waals surface area (Å²) < 4.78 is 0. The maximum Gasteiger partial charge on any atom is 0.137 e. The van der Waals surface area contributed by atoms with Crippen LogP contribution in [0.25, 0.3) is 0 Å². The van der Waals surface area contributed by atoms with Gasteiger partial charge in [0.05, 0.1) is 0 Å². The number of aromatic nitrogens is 2. The van der Waals surface area contributed by atoms with Crippen LogP contribution < -0.4 is 4.90 Å². The Morgan fingerprint density at radius 2 is 1.79 bits per heavy atom. The van der Waals surface area contributed by atoms with Crippen molar-refractivity contribution in [2.24, 2.45) is 5.92 Å². The van der Waals surface area contributed by atoms with E-state index >= 15 is 0 Å². The lowest BCUT2D eigenvalue weighted by Gasteiger charge is -2.45. The molecule has 0 aromatic carbocycles. The van der Waals surface area contributed by atoms with Gasteiger partial charge in [-0.2, -0.15) is 0 Å². The third kappa shape index (κ3) is 2.45. The van der Waals surface area contributed by atoms with Crippen LogP contribution in [0, 0.1) is 19.8 Å². The maximum absolute atomic E-state index is 6.24. The van der Waals surface area contributed by atoms with Crippen LogP contribution in [0.4, 0.5) is 5.82 Å². The van der Waals surface area contributed by atoms with Gasteiger partial charge in [-0.3, -0.25) is 0 Å². The Bertz CT molecular complexity index is 473. The van der Waals surface area contributed by atoms with Gasteiger partial charge in [0.2, 0.25) is 0 Å². The molecule has 2 aliphatic rings. The Labute approximate surface area is 120 Å². The van der Waals surface area contributed by atoms with Crippen molar-refractivity contribution in [3.05, 3.63) is 16.5 Å². The van der Waals surface area contributed by atoms with Crippen molar-refractivity contribution in [1.29, 1.82) is 0 Å². The number of anilines is 1. The van der Waals surface area contributed by atoms with Crippen LogP contribution in [0.1, 0.15) is 49.9 Å². The van der Waals surface area contributed by atoms with Crippen molar-refractivity contribution < 1.29 is 0 Å². The van der Waals surface area contributed by atoms with Crippen molar-refractivity contribution in [3.63, 3.8) is 0 Å². The molecular weight excluding hydrogens is 258 g/mol. The molecule has 1 aromatic heterocycles. The van der Waals surface area contributed by atoms with Crippen molar-refractivity contribution >= 4 is 17.4 Å². The summed E-state index contributed by atoms with van der Waals surface area (Å²) >= 11 is 6.24. The van der Waals surface area contributed by atoms with E-state index in [0.29, 0.717) is 11.2 Å². The first-order valence-corrected chi connectivity index (χ1v) is 7.82. The summed E-state index contributed by atoms with van der Waals surface area (Å²) in [5.41, 5.74) is 1.04. The molecular formula is C15H22ClN3. The monoisotopic (exact) mass is 279 g/mol. The standard InChI is InChI=1S/C15H22ClN3/c1-10-14(16)17-11(2)18-15(10)19-9-5-7-12-6-3-4-8-13(12)19/h12-13H,3-9H2,1-2H3. The van der Waals surface area contributed by atoms with Crippen molar-refractivity contribution in [2.45, 2.75) is 58.4 Å². The summed E-state index contributed by atoms with van der Waals surface area (Å²) in [4.78, 5) is 11.5. The minimum atomic E-state index is 0.612. The average Bonchev–Trinajstić information content (AvgIpc) is 2.42. The van der Waals surface area contributed by atoms with Gasteiger partial charge in [-0.25, -0.2) is 9.97 Å². The smallest absolute Gasteiger partial charge is 0.137 e. The van der Waals surface area contributed by atoms with Gasteiger partial charge in [0.1, 0.15) is 16.8 Å². The van der Waals surface area contributed by atoms with Crippen molar-refractivity contribution in [1.82, 2.24) is 9.97 Å². The maximum atomic E-state index is 6.24. The first-order valence-electron chi connectivity index (χ1n) is 7.44. The Hall–Kier alpha value is -0.830. The summed E-state index contributed by atoms with van der Waals surface area (Å²) in [5, 5.41) is 0.612. The summed E-state index contributed by atoms with van der Waals surface area (Å²) in [5.74, 6) is 2.72. The zero-order valence-electron chi connectivity index (χ0n) is 11.8. The van der Waals surface area contributed by atoms with Crippen LogP contribution in [0.3, 0.4) is 0 Å². The van der Waals surface area contributed by atoms with E-state index in [1.807, 2.05) is 13.8 Å². The molecule has 0 spiro atoms. The number of fused-ring (bicyclic) bond motifs is 1. The van der Waals surface area contributed by atoms with Gasteiger partial charge >= 0.3 is 0 Å². The number of piperidine rings is 1. The quantitative estimate of drug-likeness (QED) is 0.730. The molecule has 0 amide bonds. The SMILES string of the molecule is Cc1nc(Cl)c(C)c(N2CCCC3CCCCC32)n1. The lowest BCUT2D eigenvalue weighted by atomic mass is 9.78. The second-order valence-electron chi connectivity index (χ2n) is 5.96. The van der Waals surface area contributed by atoms with E-state index in [4.69, 9.17) is 11.6 Å². The Kier molecular flexibility index (Phi) is 3.66. The van der Waals surface area contributed by atoms with Crippen molar-refractivity contribution in [3.8, 4) is 0 Å². The number of hydrogen-bond donors (Lipinski definition) is 0. The van der Waals surface area contributed by atoms with E-state index in [1.54, 1.807) is 0 Å². The van der Waals surface area contributed by atoms with Gasteiger partial charge in [-0.05, 0) is 45.4 Å². The van der Waals surface area contributed by atoms with Gasteiger partial charge < -0.3 is 4.90 Å². The van der Waals surface area contributed by atoms with E-state index in [9.17, 15) is 0 Å². The zero-order chi connectivity index (χ0) is 13.4. The summed E-state index contributed by atoms with van der Waals surface area (Å²) in [6.45, 7) is 5.09. The molecule has 1 aliphatic carbocycles. The molecule has 3 nitrogen and oxygen atoms in total. The van der Waals surface area contributed by atoms with E-state index in [1.165, 1.54) is 38.5 Å². The Balaban J connectivity index is 1.96. The van der Waals surface area contributed by atoms with Crippen LogP contribution in [0.15, 0.2) is 0 Å². The molecule has 4 heteroatoms. The minimum Gasteiger partial charge on any atom is -0.353 e. The molecule has 0 radical (unpaired) electrons. The first-order chi connectivity index (χ1) is 9.16. The normalized spacial score (nSPS) is 27.2. The zero-order valence-corrected chi connectivity index (χ0v) is 12.6. The van der Waals surface area contributed by atoms with Gasteiger partial charge in [0.15, 0.2) is 0 Å². The predicted molar refractivity (Wildman–Crippen MR) is 78.8 cm³/mol. The predicted octanol–water partition coefficient (Wildman–Crippen LogP) is 3.91. The largest absolute Gasteiger partial charge is 0.353 e. The molecule has 2 atom stereocenters. The molecule has 2 heterocycles. The van der Waals surface area contributed by atoms with Gasteiger partial charge in [0.25, 0.3) is 0 Å². The molecule has 1 saturated heterocycles. The highest BCUT2D eigenvalue weighted by molar-refractivity contribution is 6.30. The Morgan fingerprint density at radius 1 is 1.05 bits per heavy atom. The summed E-state index contributed by atoms with van der Waals surface area (Å²) in [6, 6.07) is 0.673. The third-order valence-corrected chi connectivity index (χ3v) is 5.06. The van der Waals surface area contributed by atoms with E-state index < -0.39 is 0 Å². The topological polar surface area (TPSA) is 29.0 Å². The second kappa shape index (κ2) is 5.28. The van der Waals surface area contributed by atoms with Gasteiger partial charge in [-0.1, -0.05) is 24.4 Å². The lowest BCUT2D eigenvalue weighted by Crippen LogP contribution is -2.47. The molecule has 2 fully saturated rings. The lowest BCUT2D eigenvalue weighted by molar-refractivity contribution is 0.242. The highest BCUT2D eigenvalue weighted by Crippen LogP contribution is 2.38. The third-order valence-electron chi connectivity index (χ3n) is 4.69. The molecule has 19 heavy (non-hydrogen) atoms. The fraction of sp³-hybridized carbons (Fsp3) is 0.733. The molecule has 0 N–H and O–H groups in total. The molecule has 104 valence electrons. The number of nitrogens with zero attached hydrogens (tertiary/aromatic N) is 3. The summed E-state index contributed by atoms with van der Waals surface area (Å²) in [6.07, 6.45) is 8.12. The first kappa shape index (κ1) is 13.2. The van der Waals surface area contributed by atoms with Gasteiger partial charge in [0, 0.05) is 18.2 Å². The van der Waals surface area contributed by atoms with Gasteiger partial charge in [-0.15, -0.1) is 0 Å². The molecule has 1 aromatic rings. The van der Waals surface area contributed by atoms with Crippen molar-refractivity contribution in [2.75, 3.05) is 11.4 Å². The van der Waals surface area contributed by atoms with Crippen LogP contribution >= 0.6 is 11.6 Å². The number of halogens is 1. The highest BCUT2D eigenvalue weighted by Gasteiger charge is 2.34. The molecule has 1 saturated carbocycles. The molecule has 3 rings (SSSR count). The second-order valence-corrected chi connectivity index (χ2v) is 6.32. The molecule has 0 bridgehead atoms. The van der Waals surface area contributed by atoms with E-state index in [-0.39, 0.29) is 0 Å². The Morgan fingerprint density at radius 3 is 2.63 bits per heavy atom. The molecule has 1 aliphatic heterocycles. The number of rotatable bonds is 1. The van der Waals surface area contributed by atoms with E-state index in [0.717, 1.165) is 29.7 Å². The number of aryl methyl sites for hydroxylation is 1. The number of hydrogen-bond acceptors (Lipinski definition) is 3. The average molecular weight is 280 g/mol.